The Morgan fingerprint density at radius 3 is 2.67 bits per heavy atom. The molecular weight excluding hydrogens is 328 g/mol. The molecule has 0 aliphatic heterocycles. The van der Waals surface area contributed by atoms with Gasteiger partial charge < -0.3 is 9.15 Å². The topological polar surface area (TPSA) is 81.4 Å². The van der Waals surface area contributed by atoms with Crippen LogP contribution in [0.3, 0.4) is 0 Å². The lowest BCUT2D eigenvalue weighted by atomic mass is 9.81. The Hall–Kier alpha value is -2.15. The Labute approximate surface area is 144 Å². The molecule has 1 fully saturated rings. The van der Waals surface area contributed by atoms with Gasteiger partial charge in [0.15, 0.2) is 16.7 Å². The normalized spacial score (nSPS) is 15.0. The molecule has 0 unspecified atom stereocenters. The molecule has 1 aliphatic rings. The lowest BCUT2D eigenvalue weighted by Gasteiger charge is -2.23. The molecular formula is C17H20N2O4S. The zero-order valence-electron chi connectivity index (χ0n) is 13.9. The highest BCUT2D eigenvalue weighted by Gasteiger charge is 2.31. The summed E-state index contributed by atoms with van der Waals surface area (Å²) in [5, 5.41) is 2.94. The highest BCUT2D eigenvalue weighted by Crippen LogP contribution is 2.37. The Bertz CT molecular complexity index is 739. The highest BCUT2D eigenvalue weighted by molar-refractivity contribution is 7.18. The summed E-state index contributed by atoms with van der Waals surface area (Å²) < 4.78 is 10.6. The van der Waals surface area contributed by atoms with Gasteiger partial charge in [0.05, 0.1) is 6.26 Å². The van der Waals surface area contributed by atoms with E-state index < -0.39 is 11.7 Å². The largest absolute Gasteiger partial charge is 0.463 e. The van der Waals surface area contributed by atoms with Crippen LogP contribution in [0.4, 0.5) is 9.93 Å². The van der Waals surface area contributed by atoms with E-state index in [9.17, 15) is 9.59 Å². The first-order valence-electron chi connectivity index (χ1n) is 7.92. The number of furan rings is 1. The van der Waals surface area contributed by atoms with Crippen molar-refractivity contribution in [3.05, 3.63) is 23.3 Å². The van der Waals surface area contributed by atoms with Crippen LogP contribution in [0.5, 0.6) is 0 Å². The molecule has 0 bridgehead atoms. The second kappa shape index (κ2) is 6.39. The molecule has 1 N–H and O–H groups in total. The summed E-state index contributed by atoms with van der Waals surface area (Å²) >= 11 is 1.17. The number of carbonyl (C=O) groups excluding carboxylic acids is 2. The van der Waals surface area contributed by atoms with Gasteiger partial charge >= 0.3 is 6.09 Å². The minimum atomic E-state index is -0.601. The van der Waals surface area contributed by atoms with Crippen LogP contribution >= 0.6 is 11.3 Å². The summed E-state index contributed by atoms with van der Waals surface area (Å²) in [6.45, 7) is 5.36. The van der Waals surface area contributed by atoms with Crippen molar-refractivity contribution in [1.29, 1.82) is 0 Å². The van der Waals surface area contributed by atoms with Crippen LogP contribution in [-0.2, 0) is 4.74 Å². The Balaban J connectivity index is 1.86. The second-order valence-corrected chi connectivity index (χ2v) is 7.79. The zero-order valence-corrected chi connectivity index (χ0v) is 14.7. The van der Waals surface area contributed by atoms with Gasteiger partial charge in [-0.1, -0.05) is 17.8 Å². The van der Waals surface area contributed by atoms with Gasteiger partial charge in [-0.2, -0.15) is 0 Å². The van der Waals surface area contributed by atoms with Gasteiger partial charge in [0.1, 0.15) is 16.2 Å². The molecule has 6 nitrogen and oxygen atoms in total. The number of thiazole rings is 1. The molecule has 2 aromatic rings. The van der Waals surface area contributed by atoms with Gasteiger partial charge in [-0.3, -0.25) is 10.1 Å². The summed E-state index contributed by atoms with van der Waals surface area (Å²) in [7, 11) is 0. The average molecular weight is 348 g/mol. The first-order valence-corrected chi connectivity index (χ1v) is 8.74. The third-order valence-corrected chi connectivity index (χ3v) is 4.67. The summed E-state index contributed by atoms with van der Waals surface area (Å²) in [5.74, 6) is 0.641. The molecule has 1 amide bonds. The lowest BCUT2D eigenvalue weighted by Crippen LogP contribution is -2.27. The molecule has 0 spiro atoms. The fourth-order valence-corrected chi connectivity index (χ4v) is 3.34. The number of Topliss-reactive ketones (excluding diaryl/α,β-unsaturated/α-hetero) is 1. The standard InChI is InChI=1S/C17H20N2O4S/c1-17(2,3)23-16(21)19-15-18-12(11-8-5-9-22-11)14(24-15)13(20)10-6-4-7-10/h5,8-10H,4,6-7H2,1-3H3,(H,18,19,21). The molecule has 0 saturated heterocycles. The van der Waals surface area contributed by atoms with Crippen molar-refractivity contribution in [3.63, 3.8) is 0 Å². The number of rotatable bonds is 4. The number of carbonyl (C=O) groups is 2. The highest BCUT2D eigenvalue weighted by atomic mass is 32.1. The number of anilines is 1. The zero-order chi connectivity index (χ0) is 17.3. The van der Waals surface area contributed by atoms with Crippen molar-refractivity contribution in [2.45, 2.75) is 45.6 Å². The monoisotopic (exact) mass is 348 g/mol. The Morgan fingerprint density at radius 2 is 2.12 bits per heavy atom. The number of nitrogens with one attached hydrogen (secondary N) is 1. The van der Waals surface area contributed by atoms with Crippen LogP contribution in [0.2, 0.25) is 0 Å². The van der Waals surface area contributed by atoms with Crippen LogP contribution in [0.25, 0.3) is 11.5 Å². The van der Waals surface area contributed by atoms with Crippen molar-refractivity contribution in [2.75, 3.05) is 5.32 Å². The Morgan fingerprint density at radius 1 is 1.38 bits per heavy atom. The van der Waals surface area contributed by atoms with E-state index in [1.54, 1.807) is 32.9 Å². The summed E-state index contributed by atoms with van der Waals surface area (Å²) in [6, 6.07) is 3.50. The quantitative estimate of drug-likeness (QED) is 0.808. The van der Waals surface area contributed by atoms with Gasteiger partial charge in [-0.25, -0.2) is 9.78 Å². The second-order valence-electron chi connectivity index (χ2n) is 6.79. The maximum atomic E-state index is 12.7. The number of hydrogen-bond acceptors (Lipinski definition) is 6. The predicted octanol–water partition coefficient (Wildman–Crippen LogP) is 4.73. The fourth-order valence-electron chi connectivity index (χ4n) is 2.37. The van der Waals surface area contributed by atoms with E-state index in [4.69, 9.17) is 9.15 Å². The maximum Gasteiger partial charge on any atom is 0.413 e. The number of hydrogen-bond donors (Lipinski definition) is 1. The Kier molecular flexibility index (Phi) is 4.45. The first-order chi connectivity index (χ1) is 11.3. The van der Waals surface area contributed by atoms with Crippen LogP contribution in [0.15, 0.2) is 22.8 Å². The third-order valence-electron chi connectivity index (χ3n) is 3.69. The maximum absolute atomic E-state index is 12.7. The molecule has 128 valence electrons. The third kappa shape index (κ3) is 3.67. The van der Waals surface area contributed by atoms with Crippen LogP contribution in [0, 0.1) is 5.92 Å². The van der Waals surface area contributed by atoms with Gasteiger partial charge in [0, 0.05) is 5.92 Å². The summed E-state index contributed by atoms with van der Waals surface area (Å²) in [6.07, 6.45) is 3.83. The van der Waals surface area contributed by atoms with Gasteiger partial charge in [-0.15, -0.1) is 0 Å². The van der Waals surface area contributed by atoms with Crippen molar-refractivity contribution >= 4 is 28.3 Å². The molecule has 0 aromatic carbocycles. The minimum absolute atomic E-state index is 0.0496. The summed E-state index contributed by atoms with van der Waals surface area (Å²) in [5.41, 5.74) is -0.122. The predicted molar refractivity (Wildman–Crippen MR) is 91.3 cm³/mol. The van der Waals surface area contributed by atoms with E-state index in [-0.39, 0.29) is 11.7 Å². The van der Waals surface area contributed by atoms with Gasteiger partial charge in [0.25, 0.3) is 0 Å². The minimum Gasteiger partial charge on any atom is -0.463 e. The van der Waals surface area contributed by atoms with Gasteiger partial charge in [0.2, 0.25) is 0 Å². The number of aromatic nitrogens is 1. The van der Waals surface area contributed by atoms with Crippen molar-refractivity contribution in [2.24, 2.45) is 5.92 Å². The van der Waals surface area contributed by atoms with Crippen molar-refractivity contribution < 1.29 is 18.7 Å². The van der Waals surface area contributed by atoms with E-state index in [0.717, 1.165) is 19.3 Å². The molecule has 2 aromatic heterocycles. The molecule has 1 aliphatic carbocycles. The summed E-state index contributed by atoms with van der Waals surface area (Å²) in [4.78, 5) is 29.5. The van der Waals surface area contributed by atoms with Crippen LogP contribution in [-0.4, -0.2) is 22.5 Å². The van der Waals surface area contributed by atoms with Crippen LogP contribution in [0.1, 0.15) is 49.7 Å². The number of ether oxygens (including phenoxy) is 1. The first kappa shape index (κ1) is 16.7. The molecule has 0 radical (unpaired) electrons. The van der Waals surface area contributed by atoms with E-state index in [1.807, 2.05) is 0 Å². The number of ketones is 1. The number of nitrogens with zero attached hydrogens (tertiary/aromatic N) is 1. The van der Waals surface area contributed by atoms with E-state index in [0.29, 0.717) is 21.5 Å². The SMILES string of the molecule is CC(C)(C)OC(=O)Nc1nc(-c2ccco2)c(C(=O)C2CCC2)s1. The van der Waals surface area contributed by atoms with E-state index >= 15 is 0 Å². The van der Waals surface area contributed by atoms with Crippen molar-refractivity contribution in [3.8, 4) is 11.5 Å². The molecule has 0 atom stereocenters. The molecule has 1 saturated carbocycles. The van der Waals surface area contributed by atoms with Crippen molar-refractivity contribution in [1.82, 2.24) is 4.98 Å². The van der Waals surface area contributed by atoms with Gasteiger partial charge in [-0.05, 0) is 45.7 Å². The average Bonchev–Trinajstić information content (AvgIpc) is 3.01. The molecule has 3 rings (SSSR count). The molecule has 24 heavy (non-hydrogen) atoms. The fraction of sp³-hybridized carbons (Fsp3) is 0.471. The van der Waals surface area contributed by atoms with Crippen LogP contribution < -0.4 is 5.32 Å². The van der Waals surface area contributed by atoms with E-state index in [1.165, 1.54) is 17.6 Å². The molecule has 2 heterocycles. The number of amides is 1. The molecule has 7 heteroatoms. The smallest absolute Gasteiger partial charge is 0.413 e. The van der Waals surface area contributed by atoms with E-state index in [2.05, 4.69) is 10.3 Å². The lowest BCUT2D eigenvalue weighted by molar-refractivity contribution is 0.0635.